The van der Waals surface area contributed by atoms with E-state index in [2.05, 4.69) is 0 Å². The number of hydrogen-bond acceptors (Lipinski definition) is 7. The number of benzene rings is 2. The Morgan fingerprint density at radius 3 is 1.38 bits per heavy atom. The highest BCUT2D eigenvalue weighted by atomic mass is 16.7. The molecule has 0 saturated carbocycles. The van der Waals surface area contributed by atoms with Gasteiger partial charge in [0.1, 0.15) is 11.5 Å². The molecule has 0 aromatic heterocycles. The van der Waals surface area contributed by atoms with Crippen molar-refractivity contribution in [3.05, 3.63) is 36.4 Å². The van der Waals surface area contributed by atoms with Gasteiger partial charge in [-0.2, -0.15) is 0 Å². The highest BCUT2D eigenvalue weighted by molar-refractivity contribution is 5.70. The molecule has 0 radical (unpaired) electrons. The molecule has 24 heavy (non-hydrogen) atoms. The summed E-state index contributed by atoms with van der Waals surface area (Å²) in [7, 11) is 5.97. The number of rotatable bonds is 6. The van der Waals surface area contributed by atoms with Crippen LogP contribution in [0.25, 0.3) is 0 Å². The Hall–Kier alpha value is -3.09. The molecular weight excluding hydrogens is 316 g/mol. The molecular formula is C17H18O7. The molecule has 0 fully saturated rings. The van der Waals surface area contributed by atoms with Gasteiger partial charge in [-0.3, -0.25) is 0 Å². The number of carbonyl (C=O) groups is 1. The van der Waals surface area contributed by atoms with Crippen LogP contribution in [0.3, 0.4) is 0 Å². The molecule has 7 nitrogen and oxygen atoms in total. The summed E-state index contributed by atoms with van der Waals surface area (Å²) in [6.45, 7) is 0. The van der Waals surface area contributed by atoms with Crippen LogP contribution in [0.5, 0.6) is 34.5 Å². The van der Waals surface area contributed by atoms with E-state index in [1.807, 2.05) is 0 Å². The predicted molar refractivity (Wildman–Crippen MR) is 85.7 cm³/mol. The third kappa shape index (κ3) is 4.01. The van der Waals surface area contributed by atoms with E-state index in [1.54, 1.807) is 36.4 Å². The molecule has 2 aromatic rings. The Morgan fingerprint density at radius 1 is 0.625 bits per heavy atom. The second-order valence-corrected chi connectivity index (χ2v) is 4.49. The van der Waals surface area contributed by atoms with Crippen molar-refractivity contribution >= 4 is 6.16 Å². The van der Waals surface area contributed by atoms with E-state index < -0.39 is 6.16 Å². The normalized spacial score (nSPS) is 9.83. The maximum Gasteiger partial charge on any atom is 0.519 e. The summed E-state index contributed by atoms with van der Waals surface area (Å²) in [5, 5.41) is 0. The van der Waals surface area contributed by atoms with Crippen molar-refractivity contribution in [2.45, 2.75) is 0 Å². The summed E-state index contributed by atoms with van der Waals surface area (Å²) in [6, 6.07) is 9.56. The average Bonchev–Trinajstić information content (AvgIpc) is 2.62. The van der Waals surface area contributed by atoms with E-state index >= 15 is 0 Å². The van der Waals surface area contributed by atoms with Gasteiger partial charge in [-0.25, -0.2) is 4.79 Å². The zero-order chi connectivity index (χ0) is 17.5. The Labute approximate surface area is 139 Å². The van der Waals surface area contributed by atoms with E-state index in [9.17, 15) is 4.79 Å². The molecule has 0 N–H and O–H groups in total. The van der Waals surface area contributed by atoms with Gasteiger partial charge in [-0.1, -0.05) is 0 Å². The summed E-state index contributed by atoms with van der Waals surface area (Å²) in [5.74, 6) is 2.24. The van der Waals surface area contributed by atoms with Gasteiger partial charge in [0.2, 0.25) is 0 Å². The van der Waals surface area contributed by atoms with Gasteiger partial charge in [-0.15, -0.1) is 0 Å². The van der Waals surface area contributed by atoms with Gasteiger partial charge in [-0.05, 0) is 24.3 Å². The van der Waals surface area contributed by atoms with Crippen LogP contribution >= 0.6 is 0 Å². The molecule has 128 valence electrons. The molecule has 0 unspecified atom stereocenters. The summed E-state index contributed by atoms with van der Waals surface area (Å²) in [5.41, 5.74) is 0. The first-order valence-corrected chi connectivity index (χ1v) is 6.95. The SMILES string of the molecule is COc1ccc(OC(=O)Oc2ccc(OC)cc2OC)c(OC)c1. The predicted octanol–water partition coefficient (Wildman–Crippen LogP) is 3.30. The van der Waals surface area contributed by atoms with Crippen LogP contribution in [0.15, 0.2) is 36.4 Å². The van der Waals surface area contributed by atoms with Crippen molar-refractivity contribution in [1.29, 1.82) is 0 Å². The smallest absolute Gasteiger partial charge is 0.497 e. The maximum absolute atomic E-state index is 12.0. The molecule has 0 atom stereocenters. The average molecular weight is 334 g/mol. The molecule has 0 aliphatic carbocycles. The van der Waals surface area contributed by atoms with E-state index in [0.29, 0.717) is 23.0 Å². The monoisotopic (exact) mass is 334 g/mol. The molecule has 0 amide bonds. The number of carbonyl (C=O) groups excluding carboxylic acids is 1. The summed E-state index contributed by atoms with van der Waals surface area (Å²) in [6.07, 6.45) is -0.929. The van der Waals surface area contributed by atoms with Gasteiger partial charge >= 0.3 is 6.16 Å². The molecule has 2 rings (SSSR count). The van der Waals surface area contributed by atoms with Crippen molar-refractivity contribution in [3.63, 3.8) is 0 Å². The highest BCUT2D eigenvalue weighted by Crippen LogP contribution is 2.33. The van der Waals surface area contributed by atoms with Crippen LogP contribution in [0.1, 0.15) is 0 Å². The third-order valence-electron chi connectivity index (χ3n) is 3.13. The zero-order valence-corrected chi connectivity index (χ0v) is 13.8. The number of methoxy groups -OCH3 is 4. The fourth-order valence-electron chi connectivity index (χ4n) is 1.92. The van der Waals surface area contributed by atoms with E-state index in [-0.39, 0.29) is 11.5 Å². The highest BCUT2D eigenvalue weighted by Gasteiger charge is 2.16. The van der Waals surface area contributed by atoms with Crippen LogP contribution in [0, 0.1) is 0 Å². The quantitative estimate of drug-likeness (QED) is 0.593. The van der Waals surface area contributed by atoms with Crippen LogP contribution in [-0.4, -0.2) is 34.6 Å². The minimum Gasteiger partial charge on any atom is -0.497 e. The second-order valence-electron chi connectivity index (χ2n) is 4.49. The van der Waals surface area contributed by atoms with Gasteiger partial charge in [0.05, 0.1) is 28.4 Å². The topological polar surface area (TPSA) is 72.5 Å². The van der Waals surface area contributed by atoms with Crippen molar-refractivity contribution in [1.82, 2.24) is 0 Å². The van der Waals surface area contributed by atoms with Crippen molar-refractivity contribution in [2.24, 2.45) is 0 Å². The molecule has 0 heterocycles. The second kappa shape index (κ2) is 7.96. The molecule has 0 aliphatic rings. The third-order valence-corrected chi connectivity index (χ3v) is 3.13. The van der Waals surface area contributed by atoms with Crippen molar-refractivity contribution < 1.29 is 33.2 Å². The van der Waals surface area contributed by atoms with Crippen molar-refractivity contribution in [3.8, 4) is 34.5 Å². The summed E-state index contributed by atoms with van der Waals surface area (Å²) >= 11 is 0. The Morgan fingerprint density at radius 2 is 1.04 bits per heavy atom. The minimum absolute atomic E-state index is 0.204. The Kier molecular flexibility index (Phi) is 5.73. The lowest BCUT2D eigenvalue weighted by Gasteiger charge is -2.12. The molecule has 0 saturated heterocycles. The van der Waals surface area contributed by atoms with Crippen LogP contribution < -0.4 is 28.4 Å². The first-order chi connectivity index (χ1) is 11.6. The fraction of sp³-hybridized carbons (Fsp3) is 0.235. The molecule has 0 aliphatic heterocycles. The standard InChI is InChI=1S/C17H18O7/c1-19-11-5-7-13(15(9-11)21-3)23-17(18)24-14-8-6-12(20-2)10-16(14)22-4/h5-10H,1-4H3. The lowest BCUT2D eigenvalue weighted by atomic mass is 10.3. The summed E-state index contributed by atoms with van der Waals surface area (Å²) in [4.78, 5) is 12.0. The molecule has 0 bridgehead atoms. The first-order valence-electron chi connectivity index (χ1n) is 6.95. The first kappa shape index (κ1) is 17.3. The number of ether oxygens (including phenoxy) is 6. The largest absolute Gasteiger partial charge is 0.519 e. The van der Waals surface area contributed by atoms with Gasteiger partial charge in [0.25, 0.3) is 0 Å². The van der Waals surface area contributed by atoms with Crippen LogP contribution in [0.2, 0.25) is 0 Å². The lowest BCUT2D eigenvalue weighted by molar-refractivity contribution is 0.148. The van der Waals surface area contributed by atoms with E-state index in [4.69, 9.17) is 28.4 Å². The van der Waals surface area contributed by atoms with Gasteiger partial charge < -0.3 is 28.4 Å². The molecule has 0 spiro atoms. The van der Waals surface area contributed by atoms with Gasteiger partial charge in [0.15, 0.2) is 23.0 Å². The van der Waals surface area contributed by atoms with E-state index in [1.165, 1.54) is 28.4 Å². The lowest BCUT2D eigenvalue weighted by Crippen LogP contribution is -2.14. The summed E-state index contributed by atoms with van der Waals surface area (Å²) < 4.78 is 30.8. The minimum atomic E-state index is -0.929. The maximum atomic E-state index is 12.0. The zero-order valence-electron chi connectivity index (χ0n) is 13.8. The Balaban J connectivity index is 2.14. The van der Waals surface area contributed by atoms with E-state index in [0.717, 1.165) is 0 Å². The van der Waals surface area contributed by atoms with Crippen LogP contribution in [-0.2, 0) is 0 Å². The number of hydrogen-bond donors (Lipinski definition) is 0. The van der Waals surface area contributed by atoms with Crippen molar-refractivity contribution in [2.75, 3.05) is 28.4 Å². The van der Waals surface area contributed by atoms with Gasteiger partial charge in [0, 0.05) is 12.1 Å². The van der Waals surface area contributed by atoms with Crippen LogP contribution in [0.4, 0.5) is 4.79 Å². The Bertz CT molecular complexity index is 653. The fourth-order valence-corrected chi connectivity index (χ4v) is 1.92. The molecule has 2 aromatic carbocycles. The molecule has 7 heteroatoms.